The smallest absolute Gasteiger partial charge is 0.224 e. The Labute approximate surface area is 156 Å². The fourth-order valence-electron chi connectivity index (χ4n) is 2.45. The van der Waals surface area contributed by atoms with E-state index in [0.717, 1.165) is 21.3 Å². The number of carbonyl (C=O) groups excluding carboxylic acids is 1. The topological polar surface area (TPSA) is 56.8 Å². The average Bonchev–Trinajstić information content (AvgIpc) is 2.62. The van der Waals surface area contributed by atoms with E-state index in [1.165, 1.54) is 0 Å². The summed E-state index contributed by atoms with van der Waals surface area (Å²) in [6, 6.07) is 11.3. The van der Waals surface area contributed by atoms with E-state index in [1.807, 2.05) is 36.4 Å². The van der Waals surface area contributed by atoms with Crippen molar-refractivity contribution in [2.45, 2.75) is 12.8 Å². The molecule has 2 rings (SSSR count). The molecule has 0 aliphatic rings. The van der Waals surface area contributed by atoms with E-state index in [4.69, 9.17) is 14.2 Å². The zero-order valence-corrected chi connectivity index (χ0v) is 16.2. The van der Waals surface area contributed by atoms with Gasteiger partial charge in [-0.2, -0.15) is 0 Å². The monoisotopic (exact) mass is 407 g/mol. The minimum atomic E-state index is -0.0233. The number of ether oxygens (including phenoxy) is 3. The maximum Gasteiger partial charge on any atom is 0.224 e. The molecule has 134 valence electrons. The van der Waals surface area contributed by atoms with Crippen molar-refractivity contribution in [3.63, 3.8) is 0 Å². The van der Waals surface area contributed by atoms with Crippen molar-refractivity contribution >= 4 is 21.8 Å². The van der Waals surface area contributed by atoms with Gasteiger partial charge >= 0.3 is 0 Å². The molecular formula is C19H22BrNO4. The molecule has 0 saturated carbocycles. The number of hydrogen-bond acceptors (Lipinski definition) is 4. The number of nitrogens with one attached hydrogen (secondary N) is 1. The van der Waals surface area contributed by atoms with Gasteiger partial charge < -0.3 is 19.5 Å². The van der Waals surface area contributed by atoms with Crippen molar-refractivity contribution in [3.05, 3.63) is 52.0 Å². The summed E-state index contributed by atoms with van der Waals surface area (Å²) in [7, 11) is 4.81. The van der Waals surface area contributed by atoms with Crippen LogP contribution in [0, 0.1) is 0 Å². The van der Waals surface area contributed by atoms with Crippen molar-refractivity contribution in [2.24, 2.45) is 0 Å². The first kappa shape index (κ1) is 19.1. The summed E-state index contributed by atoms with van der Waals surface area (Å²) in [5, 5.41) is 2.94. The summed E-state index contributed by atoms with van der Waals surface area (Å²) in [6.07, 6.45) is 1.01. The van der Waals surface area contributed by atoms with Crippen molar-refractivity contribution < 1.29 is 19.0 Å². The summed E-state index contributed by atoms with van der Waals surface area (Å²) in [5.74, 6) is 2.06. The SMILES string of the molecule is COc1cccc(CC(=O)NCCc2cc(OC)c(OC)cc2Br)c1. The van der Waals surface area contributed by atoms with Gasteiger partial charge in [0, 0.05) is 11.0 Å². The molecule has 1 N–H and O–H groups in total. The molecule has 0 aliphatic heterocycles. The molecule has 25 heavy (non-hydrogen) atoms. The molecule has 0 atom stereocenters. The first-order valence-corrected chi connectivity index (χ1v) is 8.66. The van der Waals surface area contributed by atoms with Crippen LogP contribution in [0.3, 0.4) is 0 Å². The van der Waals surface area contributed by atoms with Crippen LogP contribution in [-0.4, -0.2) is 33.8 Å². The molecule has 2 aromatic rings. The Kier molecular flexibility index (Phi) is 7.13. The minimum absolute atomic E-state index is 0.0233. The lowest BCUT2D eigenvalue weighted by Gasteiger charge is -2.12. The van der Waals surface area contributed by atoms with Crippen molar-refractivity contribution in [2.75, 3.05) is 27.9 Å². The molecule has 6 heteroatoms. The van der Waals surface area contributed by atoms with Gasteiger partial charge in [0.1, 0.15) is 5.75 Å². The van der Waals surface area contributed by atoms with Gasteiger partial charge in [0.2, 0.25) is 5.91 Å². The van der Waals surface area contributed by atoms with Gasteiger partial charge in [-0.1, -0.05) is 28.1 Å². The molecule has 1 amide bonds. The third-order valence-electron chi connectivity index (χ3n) is 3.77. The lowest BCUT2D eigenvalue weighted by Crippen LogP contribution is -2.27. The molecule has 5 nitrogen and oxygen atoms in total. The molecule has 2 aromatic carbocycles. The Morgan fingerprint density at radius 3 is 2.44 bits per heavy atom. The largest absolute Gasteiger partial charge is 0.497 e. The molecule has 0 fully saturated rings. The molecule has 0 saturated heterocycles. The van der Waals surface area contributed by atoms with Gasteiger partial charge in [0.25, 0.3) is 0 Å². The van der Waals surface area contributed by atoms with Gasteiger partial charge in [-0.05, 0) is 41.8 Å². The van der Waals surface area contributed by atoms with E-state index >= 15 is 0 Å². The van der Waals surface area contributed by atoms with Crippen LogP contribution in [0.2, 0.25) is 0 Å². The lowest BCUT2D eigenvalue weighted by atomic mass is 10.1. The maximum absolute atomic E-state index is 12.1. The van der Waals surface area contributed by atoms with Crippen LogP contribution in [0.4, 0.5) is 0 Å². The predicted molar refractivity (Wildman–Crippen MR) is 101 cm³/mol. The highest BCUT2D eigenvalue weighted by Crippen LogP contribution is 2.33. The first-order chi connectivity index (χ1) is 12.1. The second-order valence-electron chi connectivity index (χ2n) is 5.43. The van der Waals surface area contributed by atoms with Crippen molar-refractivity contribution in [3.8, 4) is 17.2 Å². The van der Waals surface area contributed by atoms with Crippen LogP contribution < -0.4 is 19.5 Å². The molecular weight excluding hydrogens is 386 g/mol. The van der Waals surface area contributed by atoms with Crippen LogP contribution in [-0.2, 0) is 17.6 Å². The number of methoxy groups -OCH3 is 3. The van der Waals surface area contributed by atoms with Gasteiger partial charge in [0.15, 0.2) is 11.5 Å². The molecule has 0 unspecified atom stereocenters. The number of halogens is 1. The normalized spacial score (nSPS) is 10.2. The van der Waals surface area contributed by atoms with Crippen molar-refractivity contribution in [1.29, 1.82) is 0 Å². The van der Waals surface area contributed by atoms with Gasteiger partial charge in [-0.15, -0.1) is 0 Å². The van der Waals surface area contributed by atoms with Crippen molar-refractivity contribution in [1.82, 2.24) is 5.32 Å². The fraction of sp³-hybridized carbons (Fsp3) is 0.316. The van der Waals surface area contributed by atoms with Gasteiger partial charge in [-0.25, -0.2) is 0 Å². The van der Waals surface area contributed by atoms with E-state index in [9.17, 15) is 4.79 Å². The van der Waals surface area contributed by atoms with Gasteiger partial charge in [0.05, 0.1) is 27.8 Å². The number of carbonyl (C=O) groups is 1. The Morgan fingerprint density at radius 1 is 1.04 bits per heavy atom. The second kappa shape index (κ2) is 9.32. The Bertz CT molecular complexity index is 733. The van der Waals surface area contributed by atoms with Gasteiger partial charge in [-0.3, -0.25) is 4.79 Å². The summed E-state index contributed by atoms with van der Waals surface area (Å²) >= 11 is 3.53. The van der Waals surface area contributed by atoms with E-state index < -0.39 is 0 Å². The minimum Gasteiger partial charge on any atom is -0.497 e. The molecule has 0 aromatic heterocycles. The third kappa shape index (κ3) is 5.39. The molecule has 0 radical (unpaired) electrons. The van der Waals surface area contributed by atoms with Crippen LogP contribution in [0.25, 0.3) is 0 Å². The summed E-state index contributed by atoms with van der Waals surface area (Å²) < 4.78 is 16.7. The number of amides is 1. The maximum atomic E-state index is 12.1. The summed E-state index contributed by atoms with van der Waals surface area (Å²) in [4.78, 5) is 12.1. The zero-order valence-electron chi connectivity index (χ0n) is 14.6. The second-order valence-corrected chi connectivity index (χ2v) is 6.28. The zero-order chi connectivity index (χ0) is 18.2. The third-order valence-corrected chi connectivity index (χ3v) is 4.51. The van der Waals surface area contributed by atoms with E-state index in [1.54, 1.807) is 21.3 Å². The van der Waals surface area contributed by atoms with E-state index in [0.29, 0.717) is 30.9 Å². The molecule has 0 aliphatic carbocycles. The highest BCUT2D eigenvalue weighted by molar-refractivity contribution is 9.10. The Morgan fingerprint density at radius 2 is 1.76 bits per heavy atom. The summed E-state index contributed by atoms with van der Waals surface area (Å²) in [6.45, 7) is 0.539. The van der Waals surface area contributed by atoms with Crippen LogP contribution in [0.5, 0.6) is 17.2 Å². The first-order valence-electron chi connectivity index (χ1n) is 7.87. The molecule has 0 spiro atoms. The predicted octanol–water partition coefficient (Wildman–Crippen LogP) is 3.38. The van der Waals surface area contributed by atoms with Crippen LogP contribution in [0.1, 0.15) is 11.1 Å². The highest BCUT2D eigenvalue weighted by atomic mass is 79.9. The van der Waals surface area contributed by atoms with Crippen LogP contribution >= 0.6 is 15.9 Å². The van der Waals surface area contributed by atoms with E-state index in [2.05, 4.69) is 21.2 Å². The Balaban J connectivity index is 1.90. The lowest BCUT2D eigenvalue weighted by molar-refractivity contribution is -0.120. The summed E-state index contributed by atoms with van der Waals surface area (Å²) in [5.41, 5.74) is 1.96. The quantitative estimate of drug-likeness (QED) is 0.728. The fourth-order valence-corrected chi connectivity index (χ4v) is 2.98. The Hall–Kier alpha value is -2.21. The molecule has 0 heterocycles. The van der Waals surface area contributed by atoms with Crippen LogP contribution in [0.15, 0.2) is 40.9 Å². The number of hydrogen-bond donors (Lipinski definition) is 1. The molecule has 0 bridgehead atoms. The number of benzene rings is 2. The van der Waals surface area contributed by atoms with E-state index in [-0.39, 0.29) is 5.91 Å². The standard InChI is InChI=1S/C19H22BrNO4/c1-23-15-6-4-5-13(9-15)10-19(22)21-8-7-14-11-17(24-2)18(25-3)12-16(14)20/h4-6,9,11-12H,7-8,10H2,1-3H3,(H,21,22). The average molecular weight is 408 g/mol. The highest BCUT2D eigenvalue weighted by Gasteiger charge is 2.10. The number of rotatable bonds is 8.